The molecule has 1 aromatic carbocycles. The molecule has 1 heterocycles. The number of nitrogens with zero attached hydrogens (tertiary/aromatic N) is 3. The van der Waals surface area contributed by atoms with Gasteiger partial charge in [-0.05, 0) is 53.8 Å². The monoisotopic (exact) mass is 338 g/mol. The Bertz CT molecular complexity index is 763. The highest BCUT2D eigenvalue weighted by molar-refractivity contribution is 5.86. The lowest BCUT2D eigenvalue weighted by atomic mass is 9.53. The molecule has 2 aromatic rings. The molecule has 0 radical (unpaired) electrons. The zero-order valence-corrected chi connectivity index (χ0v) is 14.1. The third-order valence-electron chi connectivity index (χ3n) is 6.18. The van der Waals surface area contributed by atoms with Gasteiger partial charge in [0, 0.05) is 24.9 Å². The average molecular weight is 338 g/mol. The van der Waals surface area contributed by atoms with Gasteiger partial charge in [-0.15, -0.1) is 0 Å². The zero-order valence-electron chi connectivity index (χ0n) is 14.1. The molecule has 4 saturated carbocycles. The molecule has 0 unspecified atom stereocenters. The number of para-hydroxylation sites is 1. The van der Waals surface area contributed by atoms with Crippen molar-refractivity contribution in [1.29, 1.82) is 0 Å². The summed E-state index contributed by atoms with van der Waals surface area (Å²) in [6.45, 7) is 0. The van der Waals surface area contributed by atoms with E-state index in [9.17, 15) is 5.11 Å². The van der Waals surface area contributed by atoms with E-state index in [0.29, 0.717) is 5.69 Å². The maximum atomic E-state index is 12.1. The number of aliphatic imine (C=N–C) groups is 1. The molecule has 4 aliphatic rings. The zero-order chi connectivity index (χ0) is 16.9. The molecule has 130 valence electrons. The third-order valence-corrected chi connectivity index (χ3v) is 6.18. The van der Waals surface area contributed by atoms with Crippen LogP contribution in [0, 0.1) is 17.8 Å². The summed E-state index contributed by atoms with van der Waals surface area (Å²) in [5.74, 6) is 2.76. The molecule has 4 fully saturated rings. The average Bonchev–Trinajstić information content (AvgIpc) is 3.04. The highest BCUT2D eigenvalue weighted by Crippen LogP contribution is 2.56. The second-order valence-corrected chi connectivity index (χ2v) is 8.03. The van der Waals surface area contributed by atoms with Crippen LogP contribution in [0.3, 0.4) is 0 Å². The number of aromatic nitrogens is 2. The minimum Gasteiger partial charge on any atom is -0.846 e. The van der Waals surface area contributed by atoms with E-state index in [1.54, 1.807) is 6.20 Å². The third kappa shape index (κ3) is 2.69. The summed E-state index contributed by atoms with van der Waals surface area (Å²) in [7, 11) is 0. The summed E-state index contributed by atoms with van der Waals surface area (Å²) in [5, 5.41) is 19.0. The largest absolute Gasteiger partial charge is 0.846 e. The van der Waals surface area contributed by atoms with Crippen molar-refractivity contribution in [3.63, 3.8) is 0 Å². The molecule has 0 spiro atoms. The molecule has 0 amide bonds. The van der Waals surface area contributed by atoms with Gasteiger partial charge in [-0.3, -0.25) is 4.52 Å². The van der Waals surface area contributed by atoms with Crippen LogP contribution < -0.4 is 15.1 Å². The van der Waals surface area contributed by atoms with Crippen molar-refractivity contribution >= 4 is 17.6 Å². The second-order valence-electron chi connectivity index (χ2n) is 8.03. The van der Waals surface area contributed by atoms with Crippen LogP contribution in [0.4, 0.5) is 11.6 Å². The first-order chi connectivity index (χ1) is 12.2. The molecule has 6 nitrogen and oxygen atoms in total. The summed E-state index contributed by atoms with van der Waals surface area (Å²) < 4.78 is 7.31. The summed E-state index contributed by atoms with van der Waals surface area (Å²) in [5.41, 5.74) is 0.798. The van der Waals surface area contributed by atoms with E-state index in [1.165, 1.54) is 38.5 Å². The Labute approximate surface area is 146 Å². The van der Waals surface area contributed by atoms with E-state index in [1.807, 2.05) is 35.0 Å². The fourth-order valence-electron chi connectivity index (χ4n) is 5.63. The molecular formula is C19H22N4O2. The Kier molecular flexibility index (Phi) is 3.33. The van der Waals surface area contributed by atoms with E-state index in [4.69, 9.17) is 4.52 Å². The number of amidine groups is 1. The Morgan fingerprint density at radius 1 is 1.12 bits per heavy atom. The standard InChI is InChI=1S/C19H22N4O2/c24-18(20-16-4-2-1-3-5-16)21-17-12-23(22-25-17)19-9-13-6-14(10-19)8-15(7-13)11-19/h1-5,12-15H,6-11H2,(H-,20,21,22,24). The van der Waals surface area contributed by atoms with E-state index in [2.05, 4.69) is 15.6 Å². The molecule has 4 bridgehead atoms. The van der Waals surface area contributed by atoms with Crippen LogP contribution in [-0.2, 0) is 5.54 Å². The molecule has 1 N–H and O–H groups in total. The summed E-state index contributed by atoms with van der Waals surface area (Å²) in [4.78, 5) is 4.00. The Morgan fingerprint density at radius 2 is 1.76 bits per heavy atom. The smallest absolute Gasteiger partial charge is 0.322 e. The van der Waals surface area contributed by atoms with E-state index < -0.39 is 6.02 Å². The van der Waals surface area contributed by atoms with Crippen molar-refractivity contribution in [1.82, 2.24) is 5.27 Å². The molecule has 6 rings (SSSR count). The normalized spacial score (nSPS) is 33.6. The summed E-state index contributed by atoms with van der Waals surface area (Å²) >= 11 is 0. The van der Waals surface area contributed by atoms with Gasteiger partial charge >= 0.3 is 5.88 Å². The van der Waals surface area contributed by atoms with E-state index in [0.717, 1.165) is 17.8 Å². The van der Waals surface area contributed by atoms with Gasteiger partial charge < -0.3 is 10.4 Å². The van der Waals surface area contributed by atoms with Gasteiger partial charge in [-0.2, -0.15) is 0 Å². The molecule has 25 heavy (non-hydrogen) atoms. The first kappa shape index (κ1) is 14.9. The quantitative estimate of drug-likeness (QED) is 0.529. The number of hydrogen-bond donors (Lipinski definition) is 1. The van der Waals surface area contributed by atoms with Gasteiger partial charge in [-0.1, -0.05) is 18.2 Å². The number of nitrogens with one attached hydrogen (secondary N) is 1. The number of hydrogen-bond acceptors (Lipinski definition) is 4. The summed E-state index contributed by atoms with van der Waals surface area (Å²) in [6.07, 6.45) is 9.51. The molecule has 0 saturated heterocycles. The Hall–Kier alpha value is -2.37. The Balaban J connectivity index is 1.36. The highest BCUT2D eigenvalue weighted by atomic mass is 16.5. The van der Waals surface area contributed by atoms with E-state index in [-0.39, 0.29) is 11.4 Å². The van der Waals surface area contributed by atoms with Crippen LogP contribution in [0.2, 0.25) is 0 Å². The van der Waals surface area contributed by atoms with Gasteiger partial charge in [0.2, 0.25) is 5.27 Å². The molecule has 1 aromatic heterocycles. The number of rotatable bonds is 3. The van der Waals surface area contributed by atoms with Gasteiger partial charge in [0.25, 0.3) is 6.20 Å². The lowest BCUT2D eigenvalue weighted by Crippen LogP contribution is -2.65. The number of anilines is 1. The molecule has 0 atom stereocenters. The second kappa shape index (κ2) is 5.58. The highest BCUT2D eigenvalue weighted by Gasteiger charge is 2.58. The van der Waals surface area contributed by atoms with Crippen LogP contribution in [0.1, 0.15) is 38.5 Å². The maximum Gasteiger partial charge on any atom is 0.322 e. The molecule has 6 heteroatoms. The SMILES string of the molecule is [O-]/C(=N\c1c[n+](C23CC4CC(CC(C4)C2)C3)no1)Nc1ccccc1. The van der Waals surface area contributed by atoms with Crippen LogP contribution in [0.15, 0.2) is 46.0 Å². The van der Waals surface area contributed by atoms with Crippen LogP contribution in [0.25, 0.3) is 0 Å². The first-order valence-corrected chi connectivity index (χ1v) is 9.15. The van der Waals surface area contributed by atoms with Crippen molar-refractivity contribution in [3.05, 3.63) is 36.5 Å². The molecule has 4 aliphatic carbocycles. The first-order valence-electron chi connectivity index (χ1n) is 9.15. The van der Waals surface area contributed by atoms with Crippen molar-refractivity contribution in [2.45, 2.75) is 44.1 Å². The van der Waals surface area contributed by atoms with Crippen LogP contribution >= 0.6 is 0 Å². The van der Waals surface area contributed by atoms with Crippen molar-refractivity contribution in [2.75, 3.05) is 5.32 Å². The van der Waals surface area contributed by atoms with Gasteiger partial charge in [0.1, 0.15) is 0 Å². The summed E-state index contributed by atoms with van der Waals surface area (Å²) in [6, 6.07) is 8.83. The topological polar surface area (TPSA) is 77.4 Å². The maximum absolute atomic E-state index is 12.1. The van der Waals surface area contributed by atoms with Crippen molar-refractivity contribution in [3.8, 4) is 0 Å². The lowest BCUT2D eigenvalue weighted by Gasteiger charge is -2.51. The van der Waals surface area contributed by atoms with Gasteiger partial charge in [-0.25, -0.2) is 4.99 Å². The van der Waals surface area contributed by atoms with Gasteiger partial charge in [0.05, 0.1) is 6.02 Å². The lowest BCUT2D eigenvalue weighted by molar-refractivity contribution is -0.832. The van der Waals surface area contributed by atoms with Crippen LogP contribution in [-0.4, -0.2) is 11.3 Å². The predicted molar refractivity (Wildman–Crippen MR) is 90.0 cm³/mol. The fourth-order valence-corrected chi connectivity index (χ4v) is 5.63. The van der Waals surface area contributed by atoms with Crippen LogP contribution in [0.5, 0.6) is 0 Å². The number of benzene rings is 1. The Morgan fingerprint density at radius 3 is 2.40 bits per heavy atom. The minimum atomic E-state index is -0.444. The molecule has 0 aliphatic heterocycles. The van der Waals surface area contributed by atoms with Gasteiger partial charge in [0.15, 0.2) is 5.54 Å². The minimum absolute atomic E-state index is 0.0852. The van der Waals surface area contributed by atoms with E-state index >= 15 is 0 Å². The predicted octanol–water partition coefficient (Wildman–Crippen LogP) is 2.35. The molecular weight excluding hydrogens is 316 g/mol. The fraction of sp³-hybridized carbons (Fsp3) is 0.526. The van der Waals surface area contributed by atoms with Crippen molar-refractivity contribution < 1.29 is 14.3 Å². The van der Waals surface area contributed by atoms with Crippen molar-refractivity contribution in [2.24, 2.45) is 22.7 Å².